The number of amides is 1. The van der Waals surface area contributed by atoms with Crippen molar-refractivity contribution in [3.63, 3.8) is 0 Å². The number of aryl methyl sites for hydroxylation is 2. The smallest absolute Gasteiger partial charge is 0.257 e. The van der Waals surface area contributed by atoms with Crippen molar-refractivity contribution in [2.75, 3.05) is 18.6 Å². The van der Waals surface area contributed by atoms with E-state index >= 15 is 0 Å². The Kier molecular flexibility index (Phi) is 5.50. The van der Waals surface area contributed by atoms with E-state index in [1.807, 2.05) is 6.26 Å². The van der Waals surface area contributed by atoms with Crippen molar-refractivity contribution in [3.8, 4) is 0 Å². The third-order valence-electron chi connectivity index (χ3n) is 2.49. The monoisotopic (exact) mass is 258 g/mol. The Morgan fingerprint density at radius 2 is 2.29 bits per heavy atom. The number of carbonyl (C=O) groups excluding carboxylic acids is 1. The van der Waals surface area contributed by atoms with E-state index in [1.165, 1.54) is 0 Å². The molecule has 0 aliphatic rings. The first-order chi connectivity index (χ1) is 8.10. The lowest BCUT2D eigenvalue weighted by Gasteiger charge is -2.15. The molecule has 17 heavy (non-hydrogen) atoms. The number of carbonyl (C=O) groups is 1. The van der Waals surface area contributed by atoms with Crippen molar-refractivity contribution in [1.29, 1.82) is 0 Å². The zero-order chi connectivity index (χ0) is 12.8. The van der Waals surface area contributed by atoms with Crippen molar-refractivity contribution >= 4 is 17.7 Å². The van der Waals surface area contributed by atoms with Gasteiger partial charge in [0.25, 0.3) is 5.91 Å². The molecule has 1 aromatic rings. The first-order valence-corrected chi connectivity index (χ1v) is 6.83. The highest BCUT2D eigenvalue weighted by Gasteiger charge is 2.20. The SMILES string of the molecule is CSCCC(CO)NC(=O)c1c(C)noc1C. The molecule has 1 aromatic heterocycles. The van der Waals surface area contributed by atoms with Crippen LogP contribution >= 0.6 is 11.8 Å². The van der Waals surface area contributed by atoms with Crippen LogP contribution in [0.1, 0.15) is 28.2 Å². The Bertz CT molecular complexity index is 359. The highest BCUT2D eigenvalue weighted by molar-refractivity contribution is 7.98. The second kappa shape index (κ2) is 6.66. The van der Waals surface area contributed by atoms with E-state index in [9.17, 15) is 9.90 Å². The summed E-state index contributed by atoms with van der Waals surface area (Å²) in [4.78, 5) is 12.0. The van der Waals surface area contributed by atoms with Crippen molar-refractivity contribution in [1.82, 2.24) is 10.5 Å². The largest absolute Gasteiger partial charge is 0.394 e. The minimum atomic E-state index is -0.235. The standard InChI is InChI=1S/C11H18N2O3S/c1-7-10(8(2)16-13-7)11(15)12-9(6-14)4-5-17-3/h9,14H,4-6H2,1-3H3,(H,12,15). The van der Waals surface area contributed by atoms with Gasteiger partial charge in [-0.25, -0.2) is 0 Å². The number of aliphatic hydroxyl groups excluding tert-OH is 1. The number of hydrogen-bond acceptors (Lipinski definition) is 5. The number of nitrogens with one attached hydrogen (secondary N) is 1. The summed E-state index contributed by atoms with van der Waals surface area (Å²) in [5.41, 5.74) is 1.04. The number of aliphatic hydroxyl groups is 1. The zero-order valence-electron chi connectivity index (χ0n) is 10.3. The van der Waals surface area contributed by atoms with E-state index in [-0.39, 0.29) is 18.6 Å². The van der Waals surface area contributed by atoms with Gasteiger partial charge in [0.2, 0.25) is 0 Å². The van der Waals surface area contributed by atoms with Gasteiger partial charge in [-0.3, -0.25) is 4.79 Å². The van der Waals surface area contributed by atoms with Crippen LogP contribution in [0.2, 0.25) is 0 Å². The number of thioether (sulfide) groups is 1. The molecular weight excluding hydrogens is 240 g/mol. The van der Waals surface area contributed by atoms with Crippen molar-refractivity contribution in [2.45, 2.75) is 26.3 Å². The van der Waals surface area contributed by atoms with Gasteiger partial charge in [-0.2, -0.15) is 11.8 Å². The molecule has 96 valence electrons. The third kappa shape index (κ3) is 3.74. The normalized spacial score (nSPS) is 12.5. The molecule has 5 nitrogen and oxygen atoms in total. The van der Waals surface area contributed by atoms with Crippen LogP contribution in [0, 0.1) is 13.8 Å². The van der Waals surface area contributed by atoms with Crippen LogP contribution in [0.15, 0.2) is 4.52 Å². The molecule has 1 amide bonds. The van der Waals surface area contributed by atoms with E-state index in [1.54, 1.807) is 25.6 Å². The molecular formula is C11H18N2O3S. The molecule has 0 aliphatic heterocycles. The lowest BCUT2D eigenvalue weighted by atomic mass is 10.1. The van der Waals surface area contributed by atoms with Gasteiger partial charge in [0.1, 0.15) is 11.3 Å². The maximum atomic E-state index is 12.0. The molecule has 1 rings (SSSR count). The Balaban J connectivity index is 2.64. The summed E-state index contributed by atoms with van der Waals surface area (Å²) in [6, 6.07) is -0.219. The van der Waals surface area contributed by atoms with Gasteiger partial charge >= 0.3 is 0 Å². The summed E-state index contributed by atoms with van der Waals surface area (Å²) >= 11 is 1.68. The molecule has 0 saturated carbocycles. The van der Waals surface area contributed by atoms with Gasteiger partial charge in [-0.1, -0.05) is 5.16 Å². The van der Waals surface area contributed by atoms with Gasteiger partial charge in [0.05, 0.1) is 18.3 Å². The van der Waals surface area contributed by atoms with Gasteiger partial charge in [0.15, 0.2) is 0 Å². The molecule has 0 aliphatic carbocycles. The zero-order valence-corrected chi connectivity index (χ0v) is 11.1. The van der Waals surface area contributed by atoms with Crippen LogP contribution in [0.4, 0.5) is 0 Å². The average molecular weight is 258 g/mol. The van der Waals surface area contributed by atoms with E-state index in [0.717, 1.165) is 12.2 Å². The Morgan fingerprint density at radius 3 is 2.76 bits per heavy atom. The van der Waals surface area contributed by atoms with Crippen LogP contribution in [0.3, 0.4) is 0 Å². The molecule has 0 saturated heterocycles. The summed E-state index contributed by atoms with van der Waals surface area (Å²) in [5.74, 6) is 1.16. The Hall–Kier alpha value is -1.01. The fraction of sp³-hybridized carbons (Fsp3) is 0.636. The van der Waals surface area contributed by atoms with Crippen molar-refractivity contribution in [3.05, 3.63) is 17.0 Å². The van der Waals surface area contributed by atoms with E-state index < -0.39 is 0 Å². The molecule has 0 spiro atoms. The summed E-state index contributed by atoms with van der Waals surface area (Å²) < 4.78 is 4.94. The van der Waals surface area contributed by atoms with Gasteiger partial charge in [-0.15, -0.1) is 0 Å². The molecule has 0 aromatic carbocycles. The second-order valence-electron chi connectivity index (χ2n) is 3.83. The topological polar surface area (TPSA) is 75.4 Å². The quantitative estimate of drug-likeness (QED) is 0.800. The first kappa shape index (κ1) is 14.1. The molecule has 1 atom stereocenters. The van der Waals surface area contributed by atoms with Crippen LogP contribution < -0.4 is 5.32 Å². The predicted octanol–water partition coefficient (Wildman–Crippen LogP) is 1.14. The molecule has 1 unspecified atom stereocenters. The fourth-order valence-electron chi connectivity index (χ4n) is 1.53. The summed E-state index contributed by atoms with van der Waals surface area (Å²) in [6.07, 6.45) is 2.73. The van der Waals surface area contributed by atoms with E-state index in [2.05, 4.69) is 10.5 Å². The summed E-state index contributed by atoms with van der Waals surface area (Å²) in [6.45, 7) is 3.36. The third-order valence-corrected chi connectivity index (χ3v) is 3.13. The van der Waals surface area contributed by atoms with Crippen LogP contribution in [0.5, 0.6) is 0 Å². The summed E-state index contributed by atoms with van der Waals surface area (Å²) in [5, 5.41) is 15.7. The maximum Gasteiger partial charge on any atom is 0.257 e. The molecule has 0 radical (unpaired) electrons. The lowest BCUT2D eigenvalue weighted by Crippen LogP contribution is -2.38. The molecule has 2 N–H and O–H groups in total. The number of nitrogens with zero attached hydrogens (tertiary/aromatic N) is 1. The molecule has 0 bridgehead atoms. The first-order valence-electron chi connectivity index (χ1n) is 5.43. The minimum Gasteiger partial charge on any atom is -0.394 e. The number of hydrogen-bond donors (Lipinski definition) is 2. The van der Waals surface area contributed by atoms with Crippen LogP contribution in [-0.2, 0) is 0 Å². The van der Waals surface area contributed by atoms with Gasteiger partial charge in [0, 0.05) is 0 Å². The van der Waals surface area contributed by atoms with Gasteiger partial charge < -0.3 is 14.9 Å². The van der Waals surface area contributed by atoms with Crippen molar-refractivity contribution < 1.29 is 14.4 Å². The van der Waals surface area contributed by atoms with E-state index in [4.69, 9.17) is 4.52 Å². The van der Waals surface area contributed by atoms with E-state index in [0.29, 0.717) is 17.0 Å². The minimum absolute atomic E-state index is 0.0598. The molecule has 6 heteroatoms. The van der Waals surface area contributed by atoms with Crippen molar-refractivity contribution in [2.24, 2.45) is 0 Å². The predicted molar refractivity (Wildman–Crippen MR) is 67.3 cm³/mol. The number of rotatable bonds is 6. The Labute approximate surface area is 105 Å². The second-order valence-corrected chi connectivity index (χ2v) is 4.82. The molecule has 0 fully saturated rings. The lowest BCUT2D eigenvalue weighted by molar-refractivity contribution is 0.0913. The fourth-order valence-corrected chi connectivity index (χ4v) is 2.05. The van der Waals surface area contributed by atoms with Crippen LogP contribution in [-0.4, -0.2) is 40.8 Å². The van der Waals surface area contributed by atoms with Crippen LogP contribution in [0.25, 0.3) is 0 Å². The Morgan fingerprint density at radius 1 is 1.59 bits per heavy atom. The average Bonchev–Trinajstić information content (AvgIpc) is 2.64. The molecule has 1 heterocycles. The number of aromatic nitrogens is 1. The van der Waals surface area contributed by atoms with Gasteiger partial charge in [-0.05, 0) is 32.3 Å². The summed E-state index contributed by atoms with van der Waals surface area (Å²) in [7, 11) is 0. The highest BCUT2D eigenvalue weighted by Crippen LogP contribution is 2.12. The maximum absolute atomic E-state index is 12.0. The highest BCUT2D eigenvalue weighted by atomic mass is 32.2.